The molecule has 0 radical (unpaired) electrons. The number of fused-ring (bicyclic) bond motifs is 4. The van der Waals surface area contributed by atoms with Crippen LogP contribution in [0, 0.1) is 0 Å². The maximum atomic E-state index is 12.8. The van der Waals surface area contributed by atoms with Crippen molar-refractivity contribution in [2.75, 3.05) is 18.2 Å². The molecule has 3 aromatic carbocycles. The molecule has 7 nitrogen and oxygen atoms in total. The van der Waals surface area contributed by atoms with Gasteiger partial charge in [0.2, 0.25) is 0 Å². The maximum absolute atomic E-state index is 12.8. The van der Waals surface area contributed by atoms with Gasteiger partial charge < -0.3 is 19.8 Å². The van der Waals surface area contributed by atoms with Crippen LogP contribution in [-0.2, 0) is 9.84 Å². The normalized spacial score (nSPS) is 17.3. The van der Waals surface area contributed by atoms with E-state index in [1.165, 1.54) is 7.11 Å². The van der Waals surface area contributed by atoms with Gasteiger partial charge in [0.05, 0.1) is 29.5 Å². The van der Waals surface area contributed by atoms with Crippen LogP contribution >= 0.6 is 0 Å². The number of methoxy groups -OCH3 is 1. The number of amides is 2. The molecule has 0 bridgehead atoms. The zero-order valence-electron chi connectivity index (χ0n) is 16.7. The molecule has 0 spiro atoms. The highest BCUT2D eigenvalue weighted by molar-refractivity contribution is 7.91. The minimum Gasteiger partial charge on any atom is -0.495 e. The molecule has 0 saturated carbocycles. The number of carbonyl (C=O) groups is 1. The molecule has 1 aliphatic rings. The minimum atomic E-state index is -3.32. The van der Waals surface area contributed by atoms with Crippen LogP contribution in [0.25, 0.3) is 21.9 Å². The van der Waals surface area contributed by atoms with Crippen molar-refractivity contribution in [1.29, 1.82) is 0 Å². The number of carbonyl (C=O) groups excluding carboxylic acids is 1. The Morgan fingerprint density at radius 3 is 2.65 bits per heavy atom. The van der Waals surface area contributed by atoms with Crippen LogP contribution in [0.2, 0.25) is 0 Å². The van der Waals surface area contributed by atoms with Crippen molar-refractivity contribution in [2.24, 2.45) is 0 Å². The average molecular weight is 436 g/mol. The number of anilines is 1. The van der Waals surface area contributed by atoms with E-state index >= 15 is 0 Å². The lowest BCUT2D eigenvalue weighted by Gasteiger charge is -2.26. The fourth-order valence-electron chi connectivity index (χ4n) is 4.07. The van der Waals surface area contributed by atoms with Crippen LogP contribution in [0.5, 0.6) is 5.75 Å². The highest BCUT2D eigenvalue weighted by Gasteiger charge is 2.31. The quantitative estimate of drug-likeness (QED) is 0.488. The second kappa shape index (κ2) is 7.31. The summed E-state index contributed by atoms with van der Waals surface area (Å²) in [6, 6.07) is 17.2. The van der Waals surface area contributed by atoms with E-state index in [2.05, 4.69) is 10.6 Å². The van der Waals surface area contributed by atoms with Gasteiger partial charge in [0.25, 0.3) is 0 Å². The number of furan rings is 1. The Labute approximate surface area is 178 Å². The highest BCUT2D eigenvalue weighted by atomic mass is 32.2. The summed E-state index contributed by atoms with van der Waals surface area (Å²) in [7, 11) is -1.79. The first kappa shape index (κ1) is 19.4. The number of sulfone groups is 1. The molecular weight excluding hydrogens is 416 g/mol. The standard InChI is InChI=1S/C23H20N2O5S/c1-29-21-12-16-14-6-2-4-8-19(14)30-20(16)13-18(21)25-23(26)24-17-10-11-31(27,28)22-9-5-3-7-15(17)22/h2-9,12-13,17H,10-11H2,1H3,(H2,24,25,26). The summed E-state index contributed by atoms with van der Waals surface area (Å²) in [5.74, 6) is 0.490. The molecule has 0 fully saturated rings. The molecule has 0 aliphatic carbocycles. The zero-order valence-corrected chi connectivity index (χ0v) is 17.5. The Kier molecular flexibility index (Phi) is 4.59. The molecule has 2 heterocycles. The number of urea groups is 1. The number of nitrogens with one attached hydrogen (secondary N) is 2. The molecule has 1 aromatic heterocycles. The zero-order chi connectivity index (χ0) is 21.6. The summed E-state index contributed by atoms with van der Waals surface area (Å²) >= 11 is 0. The minimum absolute atomic E-state index is 0.0107. The predicted molar refractivity (Wildman–Crippen MR) is 118 cm³/mol. The largest absolute Gasteiger partial charge is 0.495 e. The number of hydrogen-bond donors (Lipinski definition) is 2. The van der Waals surface area contributed by atoms with E-state index < -0.39 is 21.9 Å². The van der Waals surface area contributed by atoms with E-state index in [1.807, 2.05) is 30.3 Å². The van der Waals surface area contributed by atoms with Crippen LogP contribution < -0.4 is 15.4 Å². The van der Waals surface area contributed by atoms with Gasteiger partial charge in [-0.15, -0.1) is 0 Å². The Balaban J connectivity index is 1.43. The van der Waals surface area contributed by atoms with Gasteiger partial charge in [0.15, 0.2) is 9.84 Å². The van der Waals surface area contributed by atoms with E-state index in [0.717, 1.165) is 16.4 Å². The molecule has 0 saturated heterocycles. The fraction of sp³-hybridized carbons (Fsp3) is 0.174. The Bertz CT molecular complexity index is 1420. The summed E-state index contributed by atoms with van der Waals surface area (Å²) in [5.41, 5.74) is 2.44. The van der Waals surface area contributed by atoms with Gasteiger partial charge in [-0.3, -0.25) is 0 Å². The summed E-state index contributed by atoms with van der Waals surface area (Å²) in [5, 5.41) is 7.56. The van der Waals surface area contributed by atoms with Gasteiger partial charge in [-0.1, -0.05) is 36.4 Å². The first-order valence-corrected chi connectivity index (χ1v) is 11.5. The van der Waals surface area contributed by atoms with Crippen LogP contribution in [0.4, 0.5) is 10.5 Å². The van der Waals surface area contributed by atoms with E-state index in [1.54, 1.807) is 30.3 Å². The van der Waals surface area contributed by atoms with Crippen molar-refractivity contribution < 1.29 is 22.4 Å². The number of benzene rings is 3. The average Bonchev–Trinajstić information content (AvgIpc) is 3.12. The smallest absolute Gasteiger partial charge is 0.319 e. The molecule has 158 valence electrons. The van der Waals surface area contributed by atoms with Gasteiger partial charge in [-0.2, -0.15) is 0 Å². The number of para-hydroxylation sites is 1. The van der Waals surface area contributed by atoms with Gasteiger partial charge in [0, 0.05) is 16.8 Å². The lowest BCUT2D eigenvalue weighted by atomic mass is 10.0. The monoisotopic (exact) mass is 436 g/mol. The summed E-state index contributed by atoms with van der Waals surface area (Å²) in [4.78, 5) is 13.0. The molecular formula is C23H20N2O5S. The van der Waals surface area contributed by atoms with Gasteiger partial charge in [-0.25, -0.2) is 13.2 Å². The van der Waals surface area contributed by atoms with Crippen molar-refractivity contribution in [3.05, 3.63) is 66.2 Å². The van der Waals surface area contributed by atoms with Gasteiger partial charge in [-0.05, 0) is 30.2 Å². The number of hydrogen-bond acceptors (Lipinski definition) is 5. The Morgan fingerprint density at radius 2 is 1.81 bits per heavy atom. The third-order valence-corrected chi connectivity index (χ3v) is 7.37. The van der Waals surface area contributed by atoms with Crippen LogP contribution in [0.1, 0.15) is 18.0 Å². The van der Waals surface area contributed by atoms with Crippen LogP contribution in [0.15, 0.2) is 70.0 Å². The predicted octanol–water partition coefficient (Wildman–Crippen LogP) is 4.63. The van der Waals surface area contributed by atoms with E-state index in [0.29, 0.717) is 29.0 Å². The second-order valence-corrected chi connectivity index (χ2v) is 9.52. The molecule has 31 heavy (non-hydrogen) atoms. The third kappa shape index (κ3) is 3.38. The topological polar surface area (TPSA) is 97.6 Å². The van der Waals surface area contributed by atoms with E-state index in [-0.39, 0.29) is 10.6 Å². The first-order chi connectivity index (χ1) is 15.0. The molecule has 1 unspecified atom stereocenters. The third-order valence-electron chi connectivity index (χ3n) is 5.56. The number of rotatable bonds is 3. The lowest BCUT2D eigenvalue weighted by Crippen LogP contribution is -2.36. The van der Waals surface area contributed by atoms with E-state index in [4.69, 9.17) is 9.15 Å². The molecule has 8 heteroatoms. The maximum Gasteiger partial charge on any atom is 0.319 e. The van der Waals surface area contributed by atoms with Crippen molar-refractivity contribution >= 4 is 43.5 Å². The molecule has 2 amide bonds. The Morgan fingerprint density at radius 1 is 1.03 bits per heavy atom. The molecule has 4 aromatic rings. The summed E-state index contributed by atoms with van der Waals surface area (Å²) in [6.45, 7) is 0. The van der Waals surface area contributed by atoms with Crippen LogP contribution in [-0.4, -0.2) is 27.3 Å². The summed E-state index contributed by atoms with van der Waals surface area (Å²) in [6.07, 6.45) is 0.312. The highest BCUT2D eigenvalue weighted by Crippen LogP contribution is 2.37. The SMILES string of the molecule is COc1cc2c(cc1NC(=O)NC1CCS(=O)(=O)c3ccccc31)oc1ccccc12. The molecule has 5 rings (SSSR count). The van der Waals surface area contributed by atoms with E-state index in [9.17, 15) is 13.2 Å². The lowest BCUT2D eigenvalue weighted by molar-refractivity contribution is 0.247. The Hall–Kier alpha value is -3.52. The van der Waals surface area contributed by atoms with Gasteiger partial charge >= 0.3 is 6.03 Å². The molecule has 1 atom stereocenters. The summed E-state index contributed by atoms with van der Waals surface area (Å²) < 4.78 is 36.0. The van der Waals surface area contributed by atoms with Crippen molar-refractivity contribution in [3.8, 4) is 5.75 Å². The first-order valence-electron chi connectivity index (χ1n) is 9.85. The number of ether oxygens (including phenoxy) is 1. The van der Waals surface area contributed by atoms with Gasteiger partial charge in [0.1, 0.15) is 16.9 Å². The fourth-order valence-corrected chi connectivity index (χ4v) is 5.70. The van der Waals surface area contributed by atoms with Crippen molar-refractivity contribution in [1.82, 2.24) is 5.32 Å². The van der Waals surface area contributed by atoms with Crippen LogP contribution in [0.3, 0.4) is 0 Å². The molecule has 2 N–H and O–H groups in total. The second-order valence-electron chi connectivity index (χ2n) is 7.44. The van der Waals surface area contributed by atoms with Crippen molar-refractivity contribution in [3.63, 3.8) is 0 Å². The molecule has 1 aliphatic heterocycles. The van der Waals surface area contributed by atoms with Crippen molar-refractivity contribution in [2.45, 2.75) is 17.4 Å².